The molecule has 0 bridgehead atoms. The standard InChI is InChI=1S/C23H36O2/c1-5-23(25-16(2)24)14-13-22(4)17(15-23)8-9-18-19-7-6-11-21(19,3)12-10-20(18)22/h6-7,17-20H,5,8-15H2,1-4H3/t17-,18-,19-,20-,21-,22-,23-/m0/s1. The average molecular weight is 345 g/mol. The number of carbonyl (C=O) groups excluding carboxylic acids is 1. The summed E-state index contributed by atoms with van der Waals surface area (Å²) in [5.74, 6) is 3.22. The molecule has 0 heterocycles. The molecule has 25 heavy (non-hydrogen) atoms. The molecule has 0 amide bonds. The maximum Gasteiger partial charge on any atom is 0.303 e. The Bertz CT molecular complexity index is 581. The number of fused-ring (bicyclic) bond motifs is 5. The zero-order chi connectivity index (χ0) is 17.9. The molecule has 0 N–H and O–H groups in total. The fourth-order valence-electron chi connectivity index (χ4n) is 7.52. The second-order valence-electron chi connectivity index (χ2n) is 10.2. The molecule has 4 rings (SSSR count). The summed E-state index contributed by atoms with van der Waals surface area (Å²) in [4.78, 5) is 11.7. The molecule has 140 valence electrons. The van der Waals surface area contributed by atoms with Crippen molar-refractivity contribution >= 4 is 5.97 Å². The summed E-state index contributed by atoms with van der Waals surface area (Å²) in [7, 11) is 0. The van der Waals surface area contributed by atoms with E-state index in [-0.39, 0.29) is 11.6 Å². The summed E-state index contributed by atoms with van der Waals surface area (Å²) in [6.07, 6.45) is 16.2. The van der Waals surface area contributed by atoms with E-state index in [1.165, 1.54) is 38.5 Å². The summed E-state index contributed by atoms with van der Waals surface area (Å²) >= 11 is 0. The first-order valence-electron chi connectivity index (χ1n) is 10.7. The Kier molecular flexibility index (Phi) is 4.13. The molecule has 4 aliphatic rings. The Labute approximate surface area is 153 Å². The van der Waals surface area contributed by atoms with Gasteiger partial charge < -0.3 is 4.74 Å². The molecule has 0 spiro atoms. The maximum absolute atomic E-state index is 11.7. The van der Waals surface area contributed by atoms with Crippen molar-refractivity contribution in [3.05, 3.63) is 12.2 Å². The van der Waals surface area contributed by atoms with Crippen molar-refractivity contribution < 1.29 is 9.53 Å². The lowest BCUT2D eigenvalue weighted by Crippen LogP contribution is -2.56. The summed E-state index contributed by atoms with van der Waals surface area (Å²) in [5.41, 5.74) is 0.822. The Morgan fingerprint density at radius 1 is 1.16 bits per heavy atom. The van der Waals surface area contributed by atoms with Gasteiger partial charge >= 0.3 is 5.97 Å². The van der Waals surface area contributed by atoms with E-state index in [4.69, 9.17) is 4.74 Å². The molecule has 7 atom stereocenters. The Morgan fingerprint density at radius 3 is 2.68 bits per heavy atom. The first kappa shape index (κ1) is 17.6. The zero-order valence-electron chi connectivity index (χ0n) is 16.6. The van der Waals surface area contributed by atoms with Crippen molar-refractivity contribution in [2.75, 3.05) is 0 Å². The van der Waals surface area contributed by atoms with Crippen molar-refractivity contribution in [1.29, 1.82) is 0 Å². The smallest absolute Gasteiger partial charge is 0.303 e. The van der Waals surface area contributed by atoms with Gasteiger partial charge in [0.25, 0.3) is 0 Å². The lowest BCUT2D eigenvalue weighted by atomic mass is 9.44. The molecule has 0 unspecified atom stereocenters. The van der Waals surface area contributed by atoms with E-state index < -0.39 is 0 Å². The molecule has 0 aromatic heterocycles. The lowest BCUT2D eigenvalue weighted by Gasteiger charge is -2.61. The van der Waals surface area contributed by atoms with Crippen LogP contribution in [0.15, 0.2) is 12.2 Å². The Balaban J connectivity index is 1.57. The van der Waals surface area contributed by atoms with Crippen LogP contribution in [-0.2, 0) is 9.53 Å². The van der Waals surface area contributed by atoms with E-state index in [1.54, 1.807) is 6.92 Å². The van der Waals surface area contributed by atoms with Gasteiger partial charge in [-0.15, -0.1) is 0 Å². The first-order chi connectivity index (χ1) is 11.8. The van der Waals surface area contributed by atoms with Crippen molar-refractivity contribution in [2.24, 2.45) is 34.5 Å². The molecule has 0 aliphatic heterocycles. The number of ether oxygens (including phenoxy) is 1. The fourth-order valence-corrected chi connectivity index (χ4v) is 7.52. The highest BCUT2D eigenvalue weighted by atomic mass is 16.6. The van der Waals surface area contributed by atoms with Gasteiger partial charge in [0, 0.05) is 6.92 Å². The third-order valence-electron chi connectivity index (χ3n) is 9.11. The van der Waals surface area contributed by atoms with Gasteiger partial charge in [-0.05, 0) is 92.3 Å². The molecule has 0 saturated heterocycles. The highest BCUT2D eigenvalue weighted by Crippen LogP contribution is 2.66. The van der Waals surface area contributed by atoms with Gasteiger partial charge in [-0.25, -0.2) is 0 Å². The molecule has 0 aromatic carbocycles. The van der Waals surface area contributed by atoms with E-state index in [0.717, 1.165) is 42.9 Å². The van der Waals surface area contributed by atoms with E-state index in [0.29, 0.717) is 10.8 Å². The molecule has 2 heteroatoms. The van der Waals surface area contributed by atoms with Crippen molar-refractivity contribution in [3.63, 3.8) is 0 Å². The molecular weight excluding hydrogens is 308 g/mol. The topological polar surface area (TPSA) is 26.3 Å². The molecular formula is C23H36O2. The van der Waals surface area contributed by atoms with Gasteiger partial charge in [-0.3, -0.25) is 4.79 Å². The highest BCUT2D eigenvalue weighted by Gasteiger charge is 2.59. The lowest BCUT2D eigenvalue weighted by molar-refractivity contribution is -0.181. The number of carbonyl (C=O) groups is 1. The summed E-state index contributed by atoms with van der Waals surface area (Å²) in [6.45, 7) is 8.90. The van der Waals surface area contributed by atoms with Gasteiger partial charge in [0.15, 0.2) is 0 Å². The minimum absolute atomic E-state index is 0.0938. The zero-order valence-corrected chi connectivity index (χ0v) is 16.6. The number of hydrogen-bond acceptors (Lipinski definition) is 2. The van der Waals surface area contributed by atoms with Crippen LogP contribution in [0.2, 0.25) is 0 Å². The van der Waals surface area contributed by atoms with Crippen molar-refractivity contribution in [2.45, 2.75) is 91.1 Å². The van der Waals surface area contributed by atoms with Crippen LogP contribution in [0.5, 0.6) is 0 Å². The maximum atomic E-state index is 11.7. The normalized spacial score (nSPS) is 51.4. The molecule has 0 radical (unpaired) electrons. The number of esters is 1. The quantitative estimate of drug-likeness (QED) is 0.460. The molecule has 2 nitrogen and oxygen atoms in total. The van der Waals surface area contributed by atoms with Crippen LogP contribution in [0.25, 0.3) is 0 Å². The molecule has 3 fully saturated rings. The average Bonchev–Trinajstić information content (AvgIpc) is 2.96. The Hall–Kier alpha value is -0.790. The van der Waals surface area contributed by atoms with Crippen molar-refractivity contribution in [3.8, 4) is 0 Å². The van der Waals surface area contributed by atoms with Gasteiger partial charge in [-0.2, -0.15) is 0 Å². The van der Waals surface area contributed by atoms with E-state index in [1.807, 2.05) is 0 Å². The molecule has 4 aliphatic carbocycles. The van der Waals surface area contributed by atoms with E-state index >= 15 is 0 Å². The predicted molar refractivity (Wildman–Crippen MR) is 101 cm³/mol. The van der Waals surface area contributed by atoms with Crippen molar-refractivity contribution in [1.82, 2.24) is 0 Å². The summed E-state index contributed by atoms with van der Waals surface area (Å²) in [5, 5.41) is 0. The van der Waals surface area contributed by atoms with Crippen LogP contribution in [0.1, 0.15) is 85.5 Å². The third-order valence-corrected chi connectivity index (χ3v) is 9.11. The van der Waals surface area contributed by atoms with Gasteiger partial charge in [0.1, 0.15) is 5.60 Å². The monoisotopic (exact) mass is 344 g/mol. The SMILES string of the molecule is CC[C@]1(OC(C)=O)CC[C@@]2(C)[C@@H](CC[C@H]3[C@@H]4C=CC[C@@]4(C)CC[C@@H]32)C1. The van der Waals surface area contributed by atoms with Crippen LogP contribution in [0.3, 0.4) is 0 Å². The minimum atomic E-state index is -0.181. The van der Waals surface area contributed by atoms with Crippen LogP contribution in [0.4, 0.5) is 0 Å². The second-order valence-corrected chi connectivity index (χ2v) is 10.2. The first-order valence-corrected chi connectivity index (χ1v) is 10.7. The predicted octanol–water partition coefficient (Wildman–Crippen LogP) is 5.91. The molecule has 0 aromatic rings. The van der Waals surface area contributed by atoms with E-state index in [9.17, 15) is 4.79 Å². The fraction of sp³-hybridized carbons (Fsp3) is 0.870. The van der Waals surface area contributed by atoms with Gasteiger partial charge in [-0.1, -0.05) is 32.9 Å². The van der Waals surface area contributed by atoms with E-state index in [2.05, 4.69) is 32.9 Å². The number of hydrogen-bond donors (Lipinski definition) is 0. The van der Waals surface area contributed by atoms with Crippen LogP contribution >= 0.6 is 0 Å². The number of allylic oxidation sites excluding steroid dienone is 2. The molecule has 3 saturated carbocycles. The number of rotatable bonds is 2. The largest absolute Gasteiger partial charge is 0.459 e. The summed E-state index contributed by atoms with van der Waals surface area (Å²) in [6, 6.07) is 0. The van der Waals surface area contributed by atoms with Crippen LogP contribution < -0.4 is 0 Å². The minimum Gasteiger partial charge on any atom is -0.459 e. The van der Waals surface area contributed by atoms with Gasteiger partial charge in [0.05, 0.1) is 0 Å². The third kappa shape index (κ3) is 2.61. The highest BCUT2D eigenvalue weighted by molar-refractivity contribution is 5.66. The Morgan fingerprint density at radius 2 is 1.96 bits per heavy atom. The van der Waals surface area contributed by atoms with Gasteiger partial charge in [0.2, 0.25) is 0 Å². The summed E-state index contributed by atoms with van der Waals surface area (Å²) < 4.78 is 5.89. The second kappa shape index (κ2) is 5.86. The van der Waals surface area contributed by atoms with Crippen LogP contribution in [-0.4, -0.2) is 11.6 Å². The van der Waals surface area contributed by atoms with Crippen LogP contribution in [0, 0.1) is 34.5 Å².